The molecule has 0 unspecified atom stereocenters. The van der Waals surface area contributed by atoms with Gasteiger partial charge in [-0.15, -0.1) is 10.2 Å². The molecule has 0 fully saturated rings. The van der Waals surface area contributed by atoms with Crippen LogP contribution in [0.25, 0.3) is 0 Å². The summed E-state index contributed by atoms with van der Waals surface area (Å²) in [5, 5.41) is 8.48. The van der Waals surface area contributed by atoms with Crippen molar-refractivity contribution in [3.05, 3.63) is 53.7 Å². The zero-order valence-electron chi connectivity index (χ0n) is 15.6. The highest BCUT2D eigenvalue weighted by molar-refractivity contribution is 5.92. The lowest BCUT2D eigenvalue weighted by Gasteiger charge is -2.27. The Morgan fingerprint density at radius 2 is 1.80 bits per heavy atom. The number of benzene rings is 1. The molecule has 25 heavy (non-hydrogen) atoms. The number of anilines is 1. The van der Waals surface area contributed by atoms with Crippen molar-refractivity contribution in [2.75, 3.05) is 18.5 Å². The fourth-order valence-electron chi connectivity index (χ4n) is 2.59. The normalized spacial score (nSPS) is 10.8. The van der Waals surface area contributed by atoms with Crippen LogP contribution in [-0.2, 0) is 6.54 Å². The van der Waals surface area contributed by atoms with Crippen LogP contribution in [0.3, 0.4) is 0 Å². The summed E-state index contributed by atoms with van der Waals surface area (Å²) in [5.74, 6) is 0.707. The highest BCUT2D eigenvalue weighted by Gasteiger charge is 2.17. The molecule has 1 heterocycles. The maximum Gasteiger partial charge on any atom is 0.274 e. The Balaban J connectivity index is 2.11. The number of hydrogen-bond acceptors (Lipinski definition) is 4. The highest BCUT2D eigenvalue weighted by atomic mass is 16.2. The summed E-state index contributed by atoms with van der Waals surface area (Å²) in [5.41, 5.74) is 1.61. The van der Waals surface area contributed by atoms with Crippen molar-refractivity contribution in [3.63, 3.8) is 0 Å². The van der Waals surface area contributed by atoms with Gasteiger partial charge in [0.25, 0.3) is 5.91 Å². The van der Waals surface area contributed by atoms with Crippen molar-refractivity contribution >= 4 is 11.7 Å². The van der Waals surface area contributed by atoms with Gasteiger partial charge in [0.1, 0.15) is 0 Å². The van der Waals surface area contributed by atoms with Gasteiger partial charge in [-0.05, 0) is 38.0 Å². The molecule has 1 amide bonds. The SMILES string of the molecule is CCCCN(C)C(=O)c1ccc(N(Cc2ccccc2)C(C)C)nn1. The monoisotopic (exact) mass is 340 g/mol. The molecule has 0 bridgehead atoms. The quantitative estimate of drug-likeness (QED) is 0.734. The molecular weight excluding hydrogens is 312 g/mol. The summed E-state index contributed by atoms with van der Waals surface area (Å²) in [6, 6.07) is 14.2. The van der Waals surface area contributed by atoms with Crippen molar-refractivity contribution in [2.24, 2.45) is 0 Å². The number of unbranched alkanes of at least 4 members (excludes halogenated alkanes) is 1. The summed E-state index contributed by atoms with van der Waals surface area (Å²) < 4.78 is 0. The molecule has 2 aromatic rings. The van der Waals surface area contributed by atoms with E-state index in [9.17, 15) is 4.79 Å². The van der Waals surface area contributed by atoms with E-state index in [4.69, 9.17) is 0 Å². The number of amides is 1. The second kappa shape index (κ2) is 9.16. The first-order chi connectivity index (χ1) is 12.0. The molecule has 2 rings (SSSR count). The average molecular weight is 340 g/mol. The van der Waals surface area contributed by atoms with Crippen LogP contribution in [0.4, 0.5) is 5.82 Å². The molecule has 0 atom stereocenters. The fraction of sp³-hybridized carbons (Fsp3) is 0.450. The first kappa shape index (κ1) is 18.9. The predicted octanol–water partition coefficient (Wildman–Crippen LogP) is 3.76. The van der Waals surface area contributed by atoms with Crippen molar-refractivity contribution < 1.29 is 4.79 Å². The van der Waals surface area contributed by atoms with Gasteiger partial charge in [-0.1, -0.05) is 43.7 Å². The third-order valence-corrected chi connectivity index (χ3v) is 4.18. The van der Waals surface area contributed by atoms with Crippen LogP contribution in [0.1, 0.15) is 49.7 Å². The zero-order chi connectivity index (χ0) is 18.2. The van der Waals surface area contributed by atoms with E-state index < -0.39 is 0 Å². The molecule has 0 spiro atoms. The van der Waals surface area contributed by atoms with E-state index in [0.717, 1.165) is 31.7 Å². The minimum atomic E-state index is -0.0772. The van der Waals surface area contributed by atoms with Gasteiger partial charge in [0.05, 0.1) is 0 Å². The molecule has 1 aromatic heterocycles. The molecule has 1 aromatic carbocycles. The van der Waals surface area contributed by atoms with Crippen LogP contribution in [-0.4, -0.2) is 40.6 Å². The number of carbonyl (C=O) groups is 1. The van der Waals surface area contributed by atoms with Crippen LogP contribution in [0.15, 0.2) is 42.5 Å². The van der Waals surface area contributed by atoms with E-state index in [1.807, 2.05) is 31.3 Å². The van der Waals surface area contributed by atoms with Gasteiger partial charge in [-0.2, -0.15) is 0 Å². The predicted molar refractivity (Wildman–Crippen MR) is 102 cm³/mol. The third-order valence-electron chi connectivity index (χ3n) is 4.18. The van der Waals surface area contributed by atoms with Gasteiger partial charge in [0, 0.05) is 26.2 Å². The summed E-state index contributed by atoms with van der Waals surface area (Å²) in [6.07, 6.45) is 2.05. The second-order valence-corrected chi connectivity index (χ2v) is 6.56. The van der Waals surface area contributed by atoms with E-state index >= 15 is 0 Å². The van der Waals surface area contributed by atoms with Crippen LogP contribution < -0.4 is 4.90 Å². The lowest BCUT2D eigenvalue weighted by Crippen LogP contribution is -2.32. The molecule has 0 saturated heterocycles. The number of aromatic nitrogens is 2. The molecule has 0 aliphatic rings. The van der Waals surface area contributed by atoms with Crippen molar-refractivity contribution in [2.45, 2.75) is 46.2 Å². The van der Waals surface area contributed by atoms with Crippen LogP contribution in [0.2, 0.25) is 0 Å². The fourth-order valence-corrected chi connectivity index (χ4v) is 2.59. The van der Waals surface area contributed by atoms with Crippen molar-refractivity contribution in [1.82, 2.24) is 15.1 Å². The summed E-state index contributed by atoms with van der Waals surface area (Å²) in [6.45, 7) is 7.87. The van der Waals surface area contributed by atoms with E-state index in [0.29, 0.717) is 5.69 Å². The molecule has 134 valence electrons. The minimum Gasteiger partial charge on any atom is -0.348 e. The smallest absolute Gasteiger partial charge is 0.274 e. The Kier molecular flexibility index (Phi) is 6.92. The average Bonchev–Trinajstić information content (AvgIpc) is 2.64. The standard InChI is InChI=1S/C20H28N4O/c1-5-6-14-23(4)20(25)18-12-13-19(22-21-18)24(16(2)3)15-17-10-8-7-9-11-17/h7-13,16H,5-6,14-15H2,1-4H3. The third kappa shape index (κ3) is 5.28. The van der Waals surface area contributed by atoms with E-state index in [1.54, 1.807) is 11.0 Å². The van der Waals surface area contributed by atoms with E-state index in [-0.39, 0.29) is 11.9 Å². The molecule has 5 heteroatoms. The Hall–Kier alpha value is -2.43. The van der Waals surface area contributed by atoms with Gasteiger partial charge in [0.2, 0.25) is 0 Å². The number of rotatable bonds is 8. The van der Waals surface area contributed by atoms with Crippen LogP contribution in [0, 0.1) is 0 Å². The second-order valence-electron chi connectivity index (χ2n) is 6.56. The maximum atomic E-state index is 12.4. The van der Waals surface area contributed by atoms with E-state index in [2.05, 4.69) is 48.0 Å². The van der Waals surface area contributed by atoms with Crippen molar-refractivity contribution in [3.8, 4) is 0 Å². The first-order valence-corrected chi connectivity index (χ1v) is 8.92. The van der Waals surface area contributed by atoms with Gasteiger partial charge in [0.15, 0.2) is 11.5 Å². The number of carbonyl (C=O) groups excluding carboxylic acids is 1. The topological polar surface area (TPSA) is 49.3 Å². The van der Waals surface area contributed by atoms with Gasteiger partial charge in [-0.3, -0.25) is 4.79 Å². The largest absolute Gasteiger partial charge is 0.348 e. The Morgan fingerprint density at radius 1 is 1.08 bits per heavy atom. The summed E-state index contributed by atoms with van der Waals surface area (Å²) >= 11 is 0. The molecule has 0 N–H and O–H groups in total. The number of hydrogen-bond donors (Lipinski definition) is 0. The summed E-state index contributed by atoms with van der Waals surface area (Å²) in [4.78, 5) is 16.3. The minimum absolute atomic E-state index is 0.0772. The first-order valence-electron chi connectivity index (χ1n) is 8.92. The lowest BCUT2D eigenvalue weighted by atomic mass is 10.2. The summed E-state index contributed by atoms with van der Waals surface area (Å²) in [7, 11) is 1.81. The zero-order valence-corrected chi connectivity index (χ0v) is 15.6. The highest BCUT2D eigenvalue weighted by Crippen LogP contribution is 2.17. The molecule has 0 aliphatic carbocycles. The van der Waals surface area contributed by atoms with E-state index in [1.165, 1.54) is 5.56 Å². The molecular formula is C20H28N4O. The molecule has 0 saturated carbocycles. The van der Waals surface area contributed by atoms with Gasteiger partial charge >= 0.3 is 0 Å². The lowest BCUT2D eigenvalue weighted by molar-refractivity contribution is 0.0786. The Morgan fingerprint density at radius 3 is 2.36 bits per heavy atom. The molecule has 0 radical (unpaired) electrons. The number of nitrogens with zero attached hydrogens (tertiary/aromatic N) is 4. The van der Waals surface area contributed by atoms with Gasteiger partial charge in [-0.25, -0.2) is 0 Å². The Labute approximate surface area is 150 Å². The van der Waals surface area contributed by atoms with Crippen molar-refractivity contribution in [1.29, 1.82) is 0 Å². The van der Waals surface area contributed by atoms with Crippen LogP contribution >= 0.6 is 0 Å². The van der Waals surface area contributed by atoms with Gasteiger partial charge < -0.3 is 9.80 Å². The van der Waals surface area contributed by atoms with Crippen LogP contribution in [0.5, 0.6) is 0 Å². The molecule has 0 aliphatic heterocycles. The Bertz CT molecular complexity index is 655. The maximum absolute atomic E-state index is 12.4. The molecule has 5 nitrogen and oxygen atoms in total.